The van der Waals surface area contributed by atoms with E-state index >= 15 is 0 Å². The van der Waals surface area contributed by atoms with Crippen LogP contribution in [0, 0.1) is 0 Å². The quantitative estimate of drug-likeness (QED) is 0.0649. The van der Waals surface area contributed by atoms with Crippen molar-refractivity contribution in [3.63, 3.8) is 0 Å². The lowest BCUT2D eigenvalue weighted by atomic mass is 10.00. The maximum absolute atomic E-state index is 15.0. The molecule has 2 aliphatic heterocycles. The van der Waals surface area contributed by atoms with E-state index in [1.54, 1.807) is 72.8 Å². The van der Waals surface area contributed by atoms with E-state index in [4.69, 9.17) is 10.5 Å². The van der Waals surface area contributed by atoms with Gasteiger partial charge in [-0.15, -0.1) is 0 Å². The Balaban J connectivity index is 1.55. The van der Waals surface area contributed by atoms with Gasteiger partial charge in [0.2, 0.25) is 53.2 Å². The predicted octanol–water partition coefficient (Wildman–Crippen LogP) is -0.735. The molecule has 0 unspecified atom stereocenters. The van der Waals surface area contributed by atoms with Gasteiger partial charge < -0.3 is 67.1 Å². The van der Waals surface area contributed by atoms with Crippen LogP contribution in [0.1, 0.15) is 48.8 Å². The number of amides is 10. The average molecular weight is 1070 g/mol. The number of benzene rings is 3. The smallest absolute Gasteiger partial charge is 0.407 e. The predicted molar refractivity (Wildman–Crippen MR) is 282 cm³/mol. The van der Waals surface area contributed by atoms with Gasteiger partial charge in [0.25, 0.3) is 0 Å². The van der Waals surface area contributed by atoms with E-state index in [9.17, 15) is 53.1 Å². The third-order valence-corrected chi connectivity index (χ3v) is 13.2. The fourth-order valence-corrected chi connectivity index (χ4v) is 9.06. The van der Waals surface area contributed by atoms with E-state index in [0.29, 0.717) is 29.5 Å². The van der Waals surface area contributed by atoms with Crippen molar-refractivity contribution in [2.24, 2.45) is 5.73 Å². The van der Waals surface area contributed by atoms with Crippen LogP contribution in [0.15, 0.2) is 97.6 Å². The number of alkyl carbamates (subject to hydrolysis) is 1. The zero-order chi connectivity index (χ0) is 56.0. The van der Waals surface area contributed by atoms with E-state index in [1.165, 1.54) is 54.1 Å². The number of fused-ring (bicyclic) bond motifs is 1. The number of rotatable bonds is 16. The highest BCUT2D eigenvalue weighted by Crippen LogP contribution is 2.23. The van der Waals surface area contributed by atoms with Gasteiger partial charge in [-0.1, -0.05) is 85.5 Å². The van der Waals surface area contributed by atoms with Crippen molar-refractivity contribution in [1.29, 1.82) is 0 Å². The normalized spacial score (nSPS) is 21.7. The maximum atomic E-state index is 15.0. The summed E-state index contributed by atoms with van der Waals surface area (Å²) >= 11 is 0. The molecule has 3 aromatic carbocycles. The molecule has 2 heterocycles. The summed E-state index contributed by atoms with van der Waals surface area (Å²) in [6, 6.07) is 16.1. The van der Waals surface area contributed by atoms with Gasteiger partial charge in [0.1, 0.15) is 48.6 Å². The molecule has 23 heteroatoms. The van der Waals surface area contributed by atoms with Crippen molar-refractivity contribution >= 4 is 59.3 Å². The van der Waals surface area contributed by atoms with E-state index < -0.39 is 115 Å². The van der Waals surface area contributed by atoms with E-state index in [2.05, 4.69) is 38.5 Å². The number of phenols is 1. The lowest BCUT2D eigenvalue weighted by molar-refractivity contribution is -0.149. The number of primary amides is 1. The first-order valence-corrected chi connectivity index (χ1v) is 25.5. The number of ether oxygens (including phenoxy) is 1. The van der Waals surface area contributed by atoms with Gasteiger partial charge in [-0.3, -0.25) is 43.2 Å². The van der Waals surface area contributed by atoms with Crippen LogP contribution in [0.2, 0.25) is 0 Å². The van der Waals surface area contributed by atoms with E-state index in [-0.39, 0.29) is 70.5 Å². The third kappa shape index (κ3) is 18.2. The first kappa shape index (κ1) is 59.5. The van der Waals surface area contributed by atoms with Crippen molar-refractivity contribution in [3.05, 3.63) is 114 Å². The molecule has 9 N–H and O–H groups in total. The Morgan fingerprint density at radius 1 is 0.727 bits per heavy atom. The summed E-state index contributed by atoms with van der Waals surface area (Å²) in [5.74, 6) is -6.57. The molecule has 10 amide bonds. The topological polar surface area (TPSA) is 311 Å². The molecule has 0 spiro atoms. The number of hydrogen-bond donors (Lipinski definition) is 8. The SMILES string of the molecule is C=CCOC(=O)NCCCC[C@@H]1NC(=O)CNC[C@@H](C(=O)NCC(N)=O)NC(=O)[C@@H]2CCCN2C(=O)[C@H](Cc2ccccc2)N(C)C(=O)[C@H](Cc2ccc(O)cc2)NC(=O)CN(C)C(=O)[C@H](Cc2ccccc2)N(C)C1=O. The maximum Gasteiger partial charge on any atom is 0.407 e. The lowest BCUT2D eigenvalue weighted by Crippen LogP contribution is -2.60. The number of nitrogens with one attached hydrogen (secondary N) is 6. The average Bonchev–Trinajstić information content (AvgIpc) is 3.92. The largest absolute Gasteiger partial charge is 0.508 e. The number of carbonyl (C=O) groups excluding carboxylic acids is 10. The zero-order valence-electron chi connectivity index (χ0n) is 43.7. The van der Waals surface area contributed by atoms with E-state index in [1.807, 2.05) is 0 Å². The molecule has 0 aromatic heterocycles. The Hall–Kier alpha value is -8.34. The molecule has 77 heavy (non-hydrogen) atoms. The highest BCUT2D eigenvalue weighted by molar-refractivity contribution is 5.98. The molecule has 2 fully saturated rings. The van der Waals surface area contributed by atoms with Gasteiger partial charge in [-0.2, -0.15) is 0 Å². The fraction of sp³-hybridized carbons (Fsp3) is 0.444. The summed E-state index contributed by atoms with van der Waals surface area (Å²) in [6.45, 7) is 1.74. The second-order valence-electron chi connectivity index (χ2n) is 19.0. The third-order valence-electron chi connectivity index (χ3n) is 13.2. The minimum absolute atomic E-state index is 0.00238. The molecule has 0 aliphatic carbocycles. The Morgan fingerprint density at radius 3 is 1.92 bits per heavy atom. The molecule has 23 nitrogen and oxygen atoms in total. The van der Waals surface area contributed by atoms with Gasteiger partial charge in [-0.05, 0) is 60.9 Å². The minimum Gasteiger partial charge on any atom is -0.508 e. The van der Waals surface area contributed by atoms with Crippen LogP contribution in [0.3, 0.4) is 0 Å². The molecular formula is C54H71N11O12. The van der Waals surface area contributed by atoms with Gasteiger partial charge in [0.05, 0.1) is 19.6 Å². The highest BCUT2D eigenvalue weighted by Gasteiger charge is 2.42. The molecular weight excluding hydrogens is 995 g/mol. The van der Waals surface area contributed by atoms with Crippen LogP contribution in [0.4, 0.5) is 4.79 Å². The first-order chi connectivity index (χ1) is 36.9. The molecule has 5 rings (SSSR count). The minimum atomic E-state index is -1.43. The molecule has 2 saturated heterocycles. The second-order valence-corrected chi connectivity index (χ2v) is 19.0. The number of likely N-dealkylation sites (N-methyl/N-ethyl adjacent to an activating group) is 3. The van der Waals surface area contributed by atoms with E-state index in [0.717, 1.165) is 4.90 Å². The molecule has 6 atom stereocenters. The lowest BCUT2D eigenvalue weighted by Gasteiger charge is -2.36. The van der Waals surface area contributed by atoms with Crippen LogP contribution in [-0.4, -0.2) is 187 Å². The Morgan fingerprint density at radius 2 is 1.31 bits per heavy atom. The number of carbonyl (C=O) groups is 10. The number of nitrogens with two attached hydrogens (primary N) is 1. The van der Waals surface area contributed by atoms with Crippen molar-refractivity contribution in [2.75, 3.05) is 67.0 Å². The molecule has 0 saturated carbocycles. The van der Waals surface area contributed by atoms with Crippen molar-refractivity contribution in [2.45, 2.75) is 87.6 Å². The number of aromatic hydroxyl groups is 1. The second kappa shape index (κ2) is 29.7. The highest BCUT2D eigenvalue weighted by atomic mass is 16.5. The van der Waals surface area contributed by atoms with Crippen LogP contribution in [0.5, 0.6) is 5.75 Å². The van der Waals surface area contributed by atoms with Crippen molar-refractivity contribution in [3.8, 4) is 5.75 Å². The van der Waals surface area contributed by atoms with Gasteiger partial charge in [0.15, 0.2) is 0 Å². The van der Waals surface area contributed by atoms with Crippen LogP contribution in [-0.2, 0) is 67.2 Å². The summed E-state index contributed by atoms with van der Waals surface area (Å²) in [5, 5.41) is 26.1. The van der Waals surface area contributed by atoms with Crippen LogP contribution < -0.4 is 37.6 Å². The van der Waals surface area contributed by atoms with Gasteiger partial charge in [0, 0.05) is 60.0 Å². The Bertz CT molecular complexity index is 2550. The van der Waals surface area contributed by atoms with Gasteiger partial charge in [-0.25, -0.2) is 4.79 Å². The molecule has 2 aliphatic rings. The molecule has 414 valence electrons. The van der Waals surface area contributed by atoms with Gasteiger partial charge >= 0.3 is 6.09 Å². The number of nitrogens with zero attached hydrogens (tertiary/aromatic N) is 4. The number of phenolic OH excluding ortho intramolecular Hbond substituents is 1. The summed E-state index contributed by atoms with van der Waals surface area (Å²) in [6.07, 6.45) is 1.83. The fourth-order valence-electron chi connectivity index (χ4n) is 9.06. The summed E-state index contributed by atoms with van der Waals surface area (Å²) < 4.78 is 4.96. The summed E-state index contributed by atoms with van der Waals surface area (Å²) in [4.78, 5) is 144. The van der Waals surface area contributed by atoms with Crippen molar-refractivity contribution < 1.29 is 57.8 Å². The monoisotopic (exact) mass is 1070 g/mol. The van der Waals surface area contributed by atoms with Crippen LogP contribution >= 0.6 is 0 Å². The molecule has 0 radical (unpaired) electrons. The standard InChI is InChI=1S/C54H71N11O12/c1-5-27-77-54(76)57-25-13-12-19-39-50(72)63(3)43(29-35-15-8-6-9-16-35)52(74)62(2)34-47(69)60-40(28-37-21-23-38(66)24-22-37)51(73)64(4)44(30-36-17-10-7-11-18-36)53(75)65-26-14-20-42(65)49(71)61-41(31-56-33-46(68)59-39)48(70)58-32-45(55)67/h5-11,15-18,21-24,39-44,56,66H,1,12-14,19-20,25-34H2,2-4H3,(H2,55,67)(H,57,76)(H,58,70)(H,59,68)(H,60,69)(H,61,71)/t39-,40-,41-,42-,43-,44-/m0/s1. The summed E-state index contributed by atoms with van der Waals surface area (Å²) in [7, 11) is 4.20. The Kier molecular flexibility index (Phi) is 22.9. The number of hydrogen-bond acceptors (Lipinski definition) is 13. The summed E-state index contributed by atoms with van der Waals surface area (Å²) in [5.41, 5.74) is 7.19. The molecule has 3 aromatic rings. The van der Waals surface area contributed by atoms with Crippen molar-refractivity contribution in [1.82, 2.24) is 51.5 Å². The number of unbranched alkanes of at least 4 members (excludes halogenated alkanes) is 1. The van der Waals surface area contributed by atoms with Crippen LogP contribution in [0.25, 0.3) is 0 Å². The molecule has 0 bridgehead atoms. The zero-order valence-corrected chi connectivity index (χ0v) is 43.7. The first-order valence-electron chi connectivity index (χ1n) is 25.5. The Labute approximate surface area is 447 Å².